The Kier molecular flexibility index (Phi) is 2.22. The molecule has 0 spiro atoms. The fourth-order valence-electron chi connectivity index (χ4n) is 2.49. The van der Waals surface area contributed by atoms with Crippen molar-refractivity contribution in [3.8, 4) is 0 Å². The van der Waals surface area contributed by atoms with Crippen LogP contribution in [0.1, 0.15) is 17.5 Å². The fraction of sp³-hybridized carbons (Fsp3) is 0.333. The number of rotatable bonds is 3. The van der Waals surface area contributed by atoms with E-state index in [0.717, 1.165) is 12.5 Å². The van der Waals surface area contributed by atoms with Crippen LogP contribution in [0.25, 0.3) is 0 Å². The van der Waals surface area contributed by atoms with Crippen LogP contribution in [0.15, 0.2) is 48.6 Å². The quantitative estimate of drug-likeness (QED) is 0.810. The van der Waals surface area contributed by atoms with E-state index in [1.165, 1.54) is 17.5 Å². The van der Waals surface area contributed by atoms with Gasteiger partial charge in [-0.15, -0.1) is 0 Å². The average Bonchev–Trinajstić information content (AvgIpc) is 3.03. The molecule has 0 aromatic heterocycles. The third kappa shape index (κ3) is 1.61. The summed E-state index contributed by atoms with van der Waals surface area (Å²) in [6.07, 6.45) is 10.2. The summed E-state index contributed by atoms with van der Waals surface area (Å²) < 4.78 is 0. The summed E-state index contributed by atoms with van der Waals surface area (Å²) in [5, 5.41) is 3.69. The maximum Gasteiger partial charge on any atom is 0.0440 e. The number of benzene rings is 1. The summed E-state index contributed by atoms with van der Waals surface area (Å²) in [6.45, 7) is 3.15. The Morgan fingerprint density at radius 3 is 3.00 bits per heavy atom. The summed E-state index contributed by atoms with van der Waals surface area (Å²) in [5.74, 6) is 0.724. The van der Waals surface area contributed by atoms with Gasteiger partial charge < -0.3 is 5.32 Å². The topological polar surface area (TPSA) is 12.0 Å². The first-order valence-corrected chi connectivity index (χ1v) is 5.96. The number of fused-ring (bicyclic) bond motifs is 1. The van der Waals surface area contributed by atoms with Crippen LogP contribution in [-0.2, 0) is 6.54 Å². The molecule has 0 saturated heterocycles. The predicted octanol–water partition coefficient (Wildman–Crippen LogP) is 2.97. The molecule has 0 aliphatic heterocycles. The van der Waals surface area contributed by atoms with Crippen molar-refractivity contribution in [1.82, 2.24) is 5.32 Å². The van der Waals surface area contributed by atoms with Gasteiger partial charge in [-0.05, 0) is 24.5 Å². The summed E-state index contributed by atoms with van der Waals surface area (Å²) in [6, 6.07) is 8.59. The van der Waals surface area contributed by atoms with Crippen molar-refractivity contribution in [2.75, 3.05) is 0 Å². The van der Waals surface area contributed by atoms with Gasteiger partial charge in [0.1, 0.15) is 0 Å². The van der Waals surface area contributed by atoms with Crippen LogP contribution in [0, 0.1) is 12.8 Å². The van der Waals surface area contributed by atoms with E-state index in [1.54, 1.807) is 0 Å². The van der Waals surface area contributed by atoms with Gasteiger partial charge in [0.15, 0.2) is 0 Å². The highest BCUT2D eigenvalue weighted by Crippen LogP contribution is 2.47. The van der Waals surface area contributed by atoms with E-state index in [9.17, 15) is 0 Å². The first-order valence-electron chi connectivity index (χ1n) is 5.96. The lowest BCUT2D eigenvalue weighted by Gasteiger charge is -2.17. The molecule has 16 heavy (non-hydrogen) atoms. The summed E-state index contributed by atoms with van der Waals surface area (Å²) in [7, 11) is 0. The largest absolute Gasteiger partial charge is 0.303 e. The Hall–Kier alpha value is -1.34. The third-order valence-electron chi connectivity index (χ3n) is 3.78. The lowest BCUT2D eigenvalue weighted by atomic mass is 10.1. The Bertz CT molecular complexity index is 458. The van der Waals surface area contributed by atoms with Crippen molar-refractivity contribution in [3.63, 3.8) is 0 Å². The van der Waals surface area contributed by atoms with E-state index < -0.39 is 0 Å². The summed E-state index contributed by atoms with van der Waals surface area (Å²) >= 11 is 0. The Morgan fingerprint density at radius 1 is 1.31 bits per heavy atom. The van der Waals surface area contributed by atoms with Crippen molar-refractivity contribution in [1.29, 1.82) is 0 Å². The molecule has 0 bridgehead atoms. The summed E-state index contributed by atoms with van der Waals surface area (Å²) in [4.78, 5) is 0. The van der Waals surface area contributed by atoms with Crippen LogP contribution in [0.2, 0.25) is 0 Å². The molecule has 3 rings (SSSR count). The molecule has 1 N–H and O–H groups in total. The number of nitrogens with one attached hydrogen (secondary N) is 1. The molecule has 2 aliphatic carbocycles. The molecule has 2 atom stereocenters. The first-order chi connectivity index (χ1) is 7.80. The fourth-order valence-corrected chi connectivity index (χ4v) is 2.49. The Balaban J connectivity index is 1.68. The van der Waals surface area contributed by atoms with Gasteiger partial charge in [-0.3, -0.25) is 0 Å². The maximum atomic E-state index is 3.69. The molecule has 2 aliphatic rings. The van der Waals surface area contributed by atoms with Gasteiger partial charge in [0.2, 0.25) is 0 Å². The van der Waals surface area contributed by atoms with Crippen LogP contribution >= 0.6 is 0 Å². The second-order valence-electron chi connectivity index (χ2n) is 4.88. The Morgan fingerprint density at radius 2 is 2.19 bits per heavy atom. The van der Waals surface area contributed by atoms with Gasteiger partial charge in [-0.2, -0.15) is 0 Å². The molecular formula is C15H17N. The smallest absolute Gasteiger partial charge is 0.0440 e. The normalized spacial score (nSPS) is 30.2. The minimum Gasteiger partial charge on any atom is -0.303 e. The van der Waals surface area contributed by atoms with Gasteiger partial charge in [-0.25, -0.2) is 0 Å². The zero-order chi connectivity index (χ0) is 11.0. The van der Waals surface area contributed by atoms with Crippen molar-refractivity contribution in [3.05, 3.63) is 59.7 Å². The van der Waals surface area contributed by atoms with Crippen molar-refractivity contribution in [2.45, 2.75) is 25.4 Å². The molecule has 2 unspecified atom stereocenters. The van der Waals surface area contributed by atoms with E-state index in [-0.39, 0.29) is 5.54 Å². The molecule has 1 saturated carbocycles. The minimum absolute atomic E-state index is 0.275. The average molecular weight is 211 g/mol. The maximum absolute atomic E-state index is 3.69. The van der Waals surface area contributed by atoms with Gasteiger partial charge in [0.05, 0.1) is 0 Å². The Labute approximate surface area is 96.9 Å². The molecule has 1 aromatic rings. The molecule has 0 radical (unpaired) electrons. The van der Waals surface area contributed by atoms with Gasteiger partial charge in [0, 0.05) is 18.0 Å². The molecular weight excluding hydrogens is 194 g/mol. The van der Waals surface area contributed by atoms with Crippen molar-refractivity contribution in [2.24, 2.45) is 5.92 Å². The second kappa shape index (κ2) is 3.60. The SMILES string of the molecule is Cc1ccccc1CNC12C=CC=CC1C2. The third-order valence-corrected chi connectivity index (χ3v) is 3.78. The number of aryl methyl sites for hydroxylation is 1. The van der Waals surface area contributed by atoms with E-state index in [2.05, 4.69) is 60.8 Å². The molecule has 1 nitrogen and oxygen atoms in total. The molecule has 82 valence electrons. The van der Waals surface area contributed by atoms with Gasteiger partial charge in [0.25, 0.3) is 0 Å². The van der Waals surface area contributed by atoms with E-state index in [0.29, 0.717) is 0 Å². The highest BCUT2D eigenvalue weighted by molar-refractivity contribution is 5.35. The predicted molar refractivity (Wildman–Crippen MR) is 67.1 cm³/mol. The first kappa shape index (κ1) is 9.86. The van der Waals surface area contributed by atoms with Crippen LogP contribution in [0.4, 0.5) is 0 Å². The minimum atomic E-state index is 0.275. The van der Waals surface area contributed by atoms with Crippen LogP contribution in [0.5, 0.6) is 0 Å². The van der Waals surface area contributed by atoms with Crippen molar-refractivity contribution < 1.29 is 0 Å². The number of allylic oxidation sites excluding steroid dienone is 2. The standard InChI is InChI=1S/C15H17N/c1-12-6-2-3-7-13(12)11-16-15-9-5-4-8-14(15)10-15/h2-9,14,16H,10-11H2,1H3. The monoisotopic (exact) mass is 211 g/mol. The molecule has 1 fully saturated rings. The molecule has 0 heterocycles. The highest BCUT2D eigenvalue weighted by atomic mass is 15.0. The summed E-state index contributed by atoms with van der Waals surface area (Å²) in [5.41, 5.74) is 3.06. The van der Waals surface area contributed by atoms with Gasteiger partial charge >= 0.3 is 0 Å². The van der Waals surface area contributed by atoms with Crippen LogP contribution < -0.4 is 5.32 Å². The van der Waals surface area contributed by atoms with Crippen molar-refractivity contribution >= 4 is 0 Å². The molecule has 1 heteroatoms. The van der Waals surface area contributed by atoms with E-state index in [1.807, 2.05) is 0 Å². The lowest BCUT2D eigenvalue weighted by Crippen LogP contribution is -2.31. The zero-order valence-corrected chi connectivity index (χ0v) is 9.61. The molecule has 1 aromatic carbocycles. The second-order valence-corrected chi connectivity index (χ2v) is 4.88. The van der Waals surface area contributed by atoms with E-state index >= 15 is 0 Å². The zero-order valence-electron chi connectivity index (χ0n) is 9.61. The number of hydrogen-bond donors (Lipinski definition) is 1. The highest BCUT2D eigenvalue weighted by Gasteiger charge is 2.50. The van der Waals surface area contributed by atoms with E-state index in [4.69, 9.17) is 0 Å². The molecule has 0 amide bonds. The number of hydrogen-bond acceptors (Lipinski definition) is 1. The lowest BCUT2D eigenvalue weighted by molar-refractivity contribution is 0.560. The van der Waals surface area contributed by atoms with Crippen LogP contribution in [-0.4, -0.2) is 5.54 Å². The van der Waals surface area contributed by atoms with Gasteiger partial charge in [-0.1, -0.05) is 48.6 Å². The van der Waals surface area contributed by atoms with Crippen LogP contribution in [0.3, 0.4) is 0 Å².